The number of aromatic hydroxyl groups is 1. The molecule has 2 aromatic rings. The van der Waals surface area contributed by atoms with Gasteiger partial charge in [0.25, 0.3) is 5.69 Å². The highest BCUT2D eigenvalue weighted by molar-refractivity contribution is 7.99. The third-order valence-corrected chi connectivity index (χ3v) is 4.14. The summed E-state index contributed by atoms with van der Waals surface area (Å²) < 4.78 is 0. The van der Waals surface area contributed by atoms with Crippen molar-refractivity contribution in [2.75, 3.05) is 11.1 Å². The van der Waals surface area contributed by atoms with Gasteiger partial charge in [-0.2, -0.15) is 0 Å². The molecule has 0 spiro atoms. The van der Waals surface area contributed by atoms with Crippen molar-refractivity contribution in [3.63, 3.8) is 0 Å². The normalized spacial score (nSPS) is 10.3. The van der Waals surface area contributed by atoms with Gasteiger partial charge < -0.3 is 10.4 Å². The van der Waals surface area contributed by atoms with Crippen LogP contribution in [0.1, 0.15) is 6.42 Å². The molecule has 0 saturated carbocycles. The van der Waals surface area contributed by atoms with Crippen molar-refractivity contribution in [2.24, 2.45) is 0 Å². The van der Waals surface area contributed by atoms with Crippen LogP contribution in [0.15, 0.2) is 47.4 Å². The number of hydrogen-bond acceptors (Lipinski definition) is 5. The monoisotopic (exact) mass is 352 g/mol. The van der Waals surface area contributed by atoms with Crippen LogP contribution in [0, 0.1) is 10.1 Å². The lowest BCUT2D eigenvalue weighted by Gasteiger charge is -2.07. The zero-order valence-electron chi connectivity index (χ0n) is 11.9. The molecule has 0 radical (unpaired) electrons. The third kappa shape index (κ3) is 5.15. The first-order valence-corrected chi connectivity index (χ1v) is 7.97. The molecule has 2 N–H and O–H groups in total. The number of nitrogens with one attached hydrogen (secondary N) is 1. The number of nitrogens with zero attached hydrogens (tertiary/aromatic N) is 1. The Balaban J connectivity index is 1.88. The van der Waals surface area contributed by atoms with Gasteiger partial charge in [0.15, 0.2) is 0 Å². The number of nitro groups is 1. The number of hydrogen-bond donors (Lipinski definition) is 2. The summed E-state index contributed by atoms with van der Waals surface area (Å²) in [6, 6.07) is 10.7. The summed E-state index contributed by atoms with van der Waals surface area (Å²) in [7, 11) is 0. The first-order chi connectivity index (χ1) is 11.0. The molecule has 23 heavy (non-hydrogen) atoms. The van der Waals surface area contributed by atoms with Gasteiger partial charge in [-0.15, -0.1) is 11.8 Å². The van der Waals surface area contributed by atoms with Crippen LogP contribution in [-0.4, -0.2) is 21.7 Å². The molecule has 0 fully saturated rings. The van der Waals surface area contributed by atoms with Crippen molar-refractivity contribution in [3.05, 3.63) is 57.6 Å². The Kier molecular flexibility index (Phi) is 5.84. The minimum atomic E-state index is -0.592. The van der Waals surface area contributed by atoms with E-state index < -0.39 is 4.92 Å². The Morgan fingerprint density at radius 3 is 2.61 bits per heavy atom. The molecule has 8 heteroatoms. The van der Waals surface area contributed by atoms with E-state index in [0.717, 1.165) is 11.0 Å². The van der Waals surface area contributed by atoms with Crippen molar-refractivity contribution in [1.82, 2.24) is 0 Å². The van der Waals surface area contributed by atoms with Gasteiger partial charge in [0.05, 0.1) is 10.6 Å². The van der Waals surface area contributed by atoms with E-state index >= 15 is 0 Å². The number of halogens is 1. The first-order valence-electron chi connectivity index (χ1n) is 6.61. The lowest BCUT2D eigenvalue weighted by Crippen LogP contribution is -2.12. The molecule has 0 aliphatic heterocycles. The molecule has 120 valence electrons. The number of benzene rings is 2. The van der Waals surface area contributed by atoms with E-state index in [4.69, 9.17) is 11.6 Å². The Morgan fingerprint density at radius 2 is 1.96 bits per heavy atom. The topological polar surface area (TPSA) is 92.5 Å². The minimum Gasteiger partial charge on any atom is -0.506 e. The maximum atomic E-state index is 11.9. The van der Waals surface area contributed by atoms with E-state index in [1.54, 1.807) is 12.1 Å². The second-order valence-electron chi connectivity index (χ2n) is 4.56. The molecule has 0 aliphatic rings. The molecule has 0 atom stereocenters. The van der Waals surface area contributed by atoms with Gasteiger partial charge in [0.1, 0.15) is 5.75 Å². The molecular weight excluding hydrogens is 340 g/mol. The average molecular weight is 353 g/mol. The van der Waals surface area contributed by atoms with E-state index in [1.807, 2.05) is 12.1 Å². The molecule has 0 saturated heterocycles. The summed E-state index contributed by atoms with van der Waals surface area (Å²) in [5, 5.41) is 23.5. The highest BCUT2D eigenvalue weighted by Gasteiger charge is 2.12. The van der Waals surface area contributed by atoms with E-state index in [1.165, 1.54) is 23.9 Å². The van der Waals surface area contributed by atoms with Gasteiger partial charge in [0.2, 0.25) is 5.91 Å². The summed E-state index contributed by atoms with van der Waals surface area (Å²) >= 11 is 7.28. The molecule has 6 nitrogen and oxygen atoms in total. The fourth-order valence-corrected chi connectivity index (χ4v) is 2.72. The summed E-state index contributed by atoms with van der Waals surface area (Å²) in [6.45, 7) is 0. The molecular formula is C15H13ClN2O4S. The van der Waals surface area contributed by atoms with Gasteiger partial charge in [-0.25, -0.2) is 0 Å². The molecule has 0 heterocycles. The van der Waals surface area contributed by atoms with Crippen LogP contribution in [0.2, 0.25) is 5.02 Å². The lowest BCUT2D eigenvalue weighted by molar-refractivity contribution is -0.384. The number of rotatable bonds is 6. The Morgan fingerprint density at radius 1 is 1.26 bits per heavy atom. The zero-order valence-corrected chi connectivity index (χ0v) is 13.4. The lowest BCUT2D eigenvalue weighted by atomic mass is 10.2. The van der Waals surface area contributed by atoms with Gasteiger partial charge in [-0.3, -0.25) is 14.9 Å². The summed E-state index contributed by atoms with van der Waals surface area (Å²) in [5.74, 6) is -0.0139. The van der Waals surface area contributed by atoms with Crippen LogP contribution >= 0.6 is 23.4 Å². The minimum absolute atomic E-state index is 0.0284. The van der Waals surface area contributed by atoms with Crippen LogP contribution in [0.25, 0.3) is 0 Å². The number of thioether (sulfide) groups is 1. The number of carbonyl (C=O) groups is 1. The number of phenolic OH excluding ortho intramolecular Hbond substituents is 1. The standard InChI is InChI=1S/C15H13ClN2O4S/c16-10-1-4-12(5-2-10)23-8-7-15(20)17-13-9-11(18(21)22)3-6-14(13)19/h1-6,9,19H,7-8H2,(H,17,20). The number of non-ortho nitro benzene ring substituents is 1. The van der Waals surface area contributed by atoms with Crippen LogP contribution in [0.4, 0.5) is 11.4 Å². The highest BCUT2D eigenvalue weighted by Crippen LogP contribution is 2.28. The molecule has 0 unspecified atom stereocenters. The van der Waals surface area contributed by atoms with Gasteiger partial charge in [0, 0.05) is 34.2 Å². The molecule has 0 bridgehead atoms. The van der Waals surface area contributed by atoms with Crippen LogP contribution in [0.3, 0.4) is 0 Å². The van der Waals surface area contributed by atoms with E-state index in [-0.39, 0.29) is 29.5 Å². The first kappa shape index (κ1) is 17.1. The molecule has 1 amide bonds. The van der Waals surface area contributed by atoms with Crippen molar-refractivity contribution in [2.45, 2.75) is 11.3 Å². The van der Waals surface area contributed by atoms with Gasteiger partial charge in [-0.1, -0.05) is 11.6 Å². The number of anilines is 1. The van der Waals surface area contributed by atoms with Crippen molar-refractivity contribution in [1.29, 1.82) is 0 Å². The predicted molar refractivity (Wildman–Crippen MR) is 90.2 cm³/mol. The zero-order chi connectivity index (χ0) is 16.8. The number of amides is 1. The van der Waals surface area contributed by atoms with Crippen molar-refractivity contribution in [3.8, 4) is 5.75 Å². The third-order valence-electron chi connectivity index (χ3n) is 2.88. The molecule has 0 aromatic heterocycles. The largest absolute Gasteiger partial charge is 0.506 e. The Labute approximate surface area is 141 Å². The van der Waals surface area contributed by atoms with E-state index in [0.29, 0.717) is 10.8 Å². The van der Waals surface area contributed by atoms with Crippen LogP contribution in [0.5, 0.6) is 5.75 Å². The van der Waals surface area contributed by atoms with Crippen LogP contribution in [-0.2, 0) is 4.79 Å². The SMILES string of the molecule is O=C(CCSc1ccc(Cl)cc1)Nc1cc([N+](=O)[O-])ccc1O. The Hall–Kier alpha value is -2.25. The quantitative estimate of drug-likeness (QED) is 0.354. The van der Waals surface area contributed by atoms with Crippen molar-refractivity contribution < 1.29 is 14.8 Å². The number of nitro benzene ring substituents is 1. The van der Waals surface area contributed by atoms with E-state index in [9.17, 15) is 20.0 Å². The second-order valence-corrected chi connectivity index (χ2v) is 6.16. The molecule has 2 aromatic carbocycles. The highest BCUT2D eigenvalue weighted by atomic mass is 35.5. The Bertz CT molecular complexity index is 722. The summed E-state index contributed by atoms with van der Waals surface area (Å²) in [5.41, 5.74) is -0.172. The van der Waals surface area contributed by atoms with E-state index in [2.05, 4.69) is 5.32 Å². The summed E-state index contributed by atoms with van der Waals surface area (Å²) in [4.78, 5) is 23.0. The smallest absolute Gasteiger partial charge is 0.271 e. The molecule has 0 aliphatic carbocycles. The van der Waals surface area contributed by atoms with Gasteiger partial charge in [-0.05, 0) is 30.3 Å². The molecule has 2 rings (SSSR count). The fraction of sp³-hybridized carbons (Fsp3) is 0.133. The summed E-state index contributed by atoms with van der Waals surface area (Å²) in [6.07, 6.45) is 0.204. The number of carbonyl (C=O) groups excluding carboxylic acids is 1. The van der Waals surface area contributed by atoms with Crippen molar-refractivity contribution >= 4 is 40.6 Å². The average Bonchev–Trinajstić information content (AvgIpc) is 2.51. The second kappa shape index (κ2) is 7.85. The number of phenols is 1. The predicted octanol–water partition coefficient (Wildman–Crippen LogP) is 4.07. The van der Waals surface area contributed by atoms with Crippen LogP contribution < -0.4 is 5.32 Å². The maximum Gasteiger partial charge on any atom is 0.271 e. The fourth-order valence-electron chi connectivity index (χ4n) is 1.74. The maximum absolute atomic E-state index is 11.9. The van der Waals surface area contributed by atoms with Gasteiger partial charge >= 0.3 is 0 Å².